The second kappa shape index (κ2) is 8.79. The summed E-state index contributed by atoms with van der Waals surface area (Å²) in [5.41, 5.74) is 5.37. The molecule has 0 aliphatic rings. The van der Waals surface area contributed by atoms with E-state index < -0.39 is 5.91 Å². The van der Waals surface area contributed by atoms with Gasteiger partial charge >= 0.3 is 0 Å². The monoisotopic (exact) mass is 322 g/mol. The topological polar surface area (TPSA) is 73.2 Å². The predicted molar refractivity (Wildman–Crippen MR) is 96.3 cm³/mol. The summed E-state index contributed by atoms with van der Waals surface area (Å²) in [4.78, 5) is 11.0. The minimum Gasteiger partial charge on any atom is -0.309 e. The van der Waals surface area contributed by atoms with Crippen LogP contribution in [0.5, 0.6) is 0 Å². The molecule has 0 aliphatic heterocycles. The summed E-state index contributed by atoms with van der Waals surface area (Å²) in [7, 11) is 0. The lowest BCUT2D eigenvalue weighted by molar-refractivity contribution is -0.124. The van der Waals surface area contributed by atoms with Crippen LogP contribution in [0.3, 0.4) is 0 Å². The number of carbonyl (C=O) groups excluding carboxylic acids is 1. The lowest BCUT2D eigenvalue weighted by Crippen LogP contribution is -2.14. The van der Waals surface area contributed by atoms with Crippen molar-refractivity contribution < 1.29 is 10.0 Å². The van der Waals surface area contributed by atoms with Crippen molar-refractivity contribution in [2.45, 2.75) is 25.7 Å². The van der Waals surface area contributed by atoms with Gasteiger partial charge in [0.05, 0.1) is 0 Å². The van der Waals surface area contributed by atoms with Crippen LogP contribution in [-0.4, -0.2) is 16.8 Å². The number of nitrogens with one attached hydrogen (secondary N) is 2. The first kappa shape index (κ1) is 17.6. The summed E-state index contributed by atoms with van der Waals surface area (Å²) in [5.74, 6) is -0.473. The van der Waals surface area contributed by atoms with E-state index in [4.69, 9.17) is 10.6 Å². The number of hydroxylamine groups is 1. The highest BCUT2D eigenvalue weighted by Crippen LogP contribution is 2.23. The summed E-state index contributed by atoms with van der Waals surface area (Å²) >= 11 is 0. The van der Waals surface area contributed by atoms with E-state index in [1.807, 2.05) is 54.6 Å². The van der Waals surface area contributed by atoms with Crippen LogP contribution in [0.1, 0.15) is 36.0 Å². The molecule has 4 nitrogen and oxygen atoms in total. The Balaban J connectivity index is 2.08. The molecule has 1 amide bonds. The van der Waals surface area contributed by atoms with Crippen LogP contribution in [-0.2, 0) is 11.2 Å². The lowest BCUT2D eigenvalue weighted by atomic mass is 9.88. The van der Waals surface area contributed by atoms with Crippen molar-refractivity contribution in [1.82, 2.24) is 5.48 Å². The second-order valence-electron chi connectivity index (χ2n) is 5.62. The van der Waals surface area contributed by atoms with Crippen molar-refractivity contribution in [3.63, 3.8) is 0 Å². The van der Waals surface area contributed by atoms with Crippen LogP contribution in [0.15, 0.2) is 60.7 Å². The van der Waals surface area contributed by atoms with E-state index in [1.54, 1.807) is 11.6 Å². The van der Waals surface area contributed by atoms with E-state index in [-0.39, 0.29) is 5.92 Å². The molecular formula is C20H22N2O2. The smallest absolute Gasteiger partial charge is 0.267 e. The Morgan fingerprint density at radius 3 is 2.42 bits per heavy atom. The van der Waals surface area contributed by atoms with Gasteiger partial charge in [-0.2, -0.15) is 0 Å². The Bertz CT molecular complexity index is 706. The van der Waals surface area contributed by atoms with Gasteiger partial charge in [-0.15, -0.1) is 0 Å². The van der Waals surface area contributed by atoms with Crippen LogP contribution in [0, 0.1) is 5.41 Å². The van der Waals surface area contributed by atoms with Gasteiger partial charge in [-0.3, -0.25) is 10.0 Å². The third-order valence-corrected chi connectivity index (χ3v) is 3.94. The van der Waals surface area contributed by atoms with Gasteiger partial charge in [-0.05, 0) is 29.2 Å². The fourth-order valence-electron chi connectivity index (χ4n) is 2.67. The number of carbonyl (C=O) groups is 1. The molecule has 1 atom stereocenters. The van der Waals surface area contributed by atoms with Crippen molar-refractivity contribution in [3.8, 4) is 0 Å². The highest BCUT2D eigenvalue weighted by atomic mass is 16.5. The SMILES string of the molecule is CCC(C(=N)Cc1ccccc1)c1ccc(/C=C/C(=O)NO)cc1. The molecule has 0 fully saturated rings. The Kier molecular flexibility index (Phi) is 6.46. The van der Waals surface area contributed by atoms with Crippen molar-refractivity contribution in [2.24, 2.45) is 0 Å². The number of amides is 1. The number of benzene rings is 2. The minimum absolute atomic E-state index is 0.0870. The molecule has 2 rings (SSSR count). The maximum Gasteiger partial charge on any atom is 0.267 e. The molecule has 0 aliphatic carbocycles. The summed E-state index contributed by atoms with van der Waals surface area (Å²) in [6.07, 6.45) is 4.42. The summed E-state index contributed by atoms with van der Waals surface area (Å²) < 4.78 is 0. The van der Waals surface area contributed by atoms with Crippen molar-refractivity contribution >= 4 is 17.7 Å². The third-order valence-electron chi connectivity index (χ3n) is 3.94. The van der Waals surface area contributed by atoms with Gasteiger partial charge in [-0.25, -0.2) is 5.48 Å². The second-order valence-corrected chi connectivity index (χ2v) is 5.62. The van der Waals surface area contributed by atoms with E-state index >= 15 is 0 Å². The number of hydrogen-bond donors (Lipinski definition) is 3. The molecule has 3 N–H and O–H groups in total. The molecule has 0 radical (unpaired) electrons. The Morgan fingerprint density at radius 1 is 1.17 bits per heavy atom. The first-order valence-corrected chi connectivity index (χ1v) is 7.97. The molecule has 0 saturated heterocycles. The molecule has 4 heteroatoms. The lowest BCUT2D eigenvalue weighted by Gasteiger charge is -2.17. The molecule has 2 aromatic carbocycles. The average Bonchev–Trinajstić information content (AvgIpc) is 2.62. The molecule has 0 aromatic heterocycles. The molecule has 1 unspecified atom stereocenters. The summed E-state index contributed by atoms with van der Waals surface area (Å²) in [6, 6.07) is 17.9. The Hall–Kier alpha value is -2.72. The van der Waals surface area contributed by atoms with Crippen molar-refractivity contribution in [1.29, 1.82) is 5.41 Å². The van der Waals surface area contributed by atoms with Crippen LogP contribution in [0.4, 0.5) is 0 Å². The highest BCUT2D eigenvalue weighted by Gasteiger charge is 2.15. The number of rotatable bonds is 7. The predicted octanol–water partition coefficient (Wildman–Crippen LogP) is 3.96. The Morgan fingerprint density at radius 2 is 1.83 bits per heavy atom. The van der Waals surface area contributed by atoms with Gasteiger partial charge in [0.2, 0.25) is 0 Å². The van der Waals surface area contributed by atoms with Gasteiger partial charge in [-0.1, -0.05) is 61.5 Å². The van der Waals surface area contributed by atoms with Crippen LogP contribution >= 0.6 is 0 Å². The summed E-state index contributed by atoms with van der Waals surface area (Å²) in [5, 5.41) is 16.9. The molecular weight excluding hydrogens is 300 g/mol. The van der Waals surface area contributed by atoms with E-state index in [0.29, 0.717) is 12.1 Å². The van der Waals surface area contributed by atoms with Gasteiger partial charge in [0.25, 0.3) is 5.91 Å². The quantitative estimate of drug-likeness (QED) is 0.312. The Labute approximate surface area is 142 Å². The first-order valence-electron chi connectivity index (χ1n) is 7.97. The zero-order chi connectivity index (χ0) is 17.4. The summed E-state index contributed by atoms with van der Waals surface area (Å²) in [6.45, 7) is 2.09. The molecule has 0 saturated carbocycles. The average molecular weight is 322 g/mol. The van der Waals surface area contributed by atoms with Crippen LogP contribution in [0.25, 0.3) is 6.08 Å². The normalized spacial score (nSPS) is 12.1. The molecule has 0 bridgehead atoms. The highest BCUT2D eigenvalue weighted by molar-refractivity contribution is 5.91. The first-order chi connectivity index (χ1) is 11.6. The van der Waals surface area contributed by atoms with E-state index in [0.717, 1.165) is 23.1 Å². The van der Waals surface area contributed by atoms with Gasteiger partial charge in [0.1, 0.15) is 0 Å². The minimum atomic E-state index is -0.560. The molecule has 0 spiro atoms. The largest absolute Gasteiger partial charge is 0.309 e. The third kappa shape index (κ3) is 4.89. The molecule has 124 valence electrons. The molecule has 2 aromatic rings. The van der Waals surface area contributed by atoms with E-state index in [2.05, 4.69) is 6.92 Å². The standard InChI is InChI=1S/C20H22N2O2/c1-2-18(19(21)14-16-6-4-3-5-7-16)17-11-8-15(9-12-17)10-13-20(23)22-24/h3-13,18,21,24H,2,14H2,1H3,(H,22,23)/b13-10+,21-19?. The molecule has 24 heavy (non-hydrogen) atoms. The zero-order valence-corrected chi connectivity index (χ0v) is 13.7. The van der Waals surface area contributed by atoms with Crippen molar-refractivity contribution in [3.05, 3.63) is 77.4 Å². The van der Waals surface area contributed by atoms with Crippen LogP contribution in [0.2, 0.25) is 0 Å². The van der Waals surface area contributed by atoms with Gasteiger partial charge in [0, 0.05) is 24.1 Å². The number of hydrogen-bond acceptors (Lipinski definition) is 3. The van der Waals surface area contributed by atoms with Crippen LogP contribution < -0.4 is 5.48 Å². The van der Waals surface area contributed by atoms with Crippen molar-refractivity contribution in [2.75, 3.05) is 0 Å². The zero-order valence-electron chi connectivity index (χ0n) is 13.7. The maximum absolute atomic E-state index is 11.0. The van der Waals surface area contributed by atoms with E-state index in [1.165, 1.54) is 6.08 Å². The fourth-order valence-corrected chi connectivity index (χ4v) is 2.67. The van der Waals surface area contributed by atoms with E-state index in [9.17, 15) is 4.79 Å². The van der Waals surface area contributed by atoms with Gasteiger partial charge < -0.3 is 5.41 Å². The maximum atomic E-state index is 11.0. The van der Waals surface area contributed by atoms with Gasteiger partial charge in [0.15, 0.2) is 0 Å². The fraction of sp³-hybridized carbons (Fsp3) is 0.200. The molecule has 0 heterocycles.